The van der Waals surface area contributed by atoms with Gasteiger partial charge in [-0.15, -0.1) is 0 Å². The maximum atomic E-state index is 12.6. The van der Waals surface area contributed by atoms with Crippen molar-refractivity contribution in [3.05, 3.63) is 75.3 Å². The number of carbonyl (C=O) groups excluding carboxylic acids is 1. The lowest BCUT2D eigenvalue weighted by molar-refractivity contribution is -0.917. The summed E-state index contributed by atoms with van der Waals surface area (Å²) in [6.45, 7) is 5.86. The molecule has 0 bridgehead atoms. The molecule has 0 radical (unpaired) electrons. The van der Waals surface area contributed by atoms with Crippen LogP contribution >= 0.6 is 0 Å². The molecule has 1 fully saturated rings. The molecule has 1 saturated heterocycles. The molecule has 25 heavy (non-hydrogen) atoms. The Balaban J connectivity index is 1.60. The van der Waals surface area contributed by atoms with E-state index in [1.807, 2.05) is 23.1 Å². The second-order valence-corrected chi connectivity index (χ2v) is 6.46. The van der Waals surface area contributed by atoms with Gasteiger partial charge in [0.2, 0.25) is 0 Å². The Morgan fingerprint density at radius 1 is 1.16 bits per heavy atom. The standard InChI is InChI=1S/C19H21N3O3/c1-15-13-17(7-8-18(15)22(24)25)19(23)21-11-9-20(10-12-21)14-16-5-3-2-4-6-16/h2-8,13H,9-12,14H2,1H3/p+1. The summed E-state index contributed by atoms with van der Waals surface area (Å²) >= 11 is 0. The van der Waals surface area contributed by atoms with E-state index in [1.54, 1.807) is 19.1 Å². The average Bonchev–Trinajstić information content (AvgIpc) is 2.62. The Morgan fingerprint density at radius 2 is 1.84 bits per heavy atom. The number of nitro benzene ring substituents is 1. The monoisotopic (exact) mass is 340 g/mol. The van der Waals surface area contributed by atoms with Crippen LogP contribution in [0.15, 0.2) is 48.5 Å². The van der Waals surface area contributed by atoms with Crippen molar-refractivity contribution in [1.82, 2.24) is 4.90 Å². The van der Waals surface area contributed by atoms with Crippen molar-refractivity contribution in [1.29, 1.82) is 0 Å². The molecule has 1 heterocycles. The van der Waals surface area contributed by atoms with Crippen LogP contribution in [0.3, 0.4) is 0 Å². The predicted octanol–water partition coefficient (Wildman–Crippen LogP) is 1.44. The first-order valence-electron chi connectivity index (χ1n) is 8.46. The van der Waals surface area contributed by atoms with Crippen LogP contribution in [0.5, 0.6) is 0 Å². The largest absolute Gasteiger partial charge is 0.328 e. The Bertz CT molecular complexity index is 769. The zero-order chi connectivity index (χ0) is 17.8. The van der Waals surface area contributed by atoms with E-state index < -0.39 is 4.92 Å². The second-order valence-electron chi connectivity index (χ2n) is 6.46. The third-order valence-electron chi connectivity index (χ3n) is 4.70. The maximum Gasteiger partial charge on any atom is 0.272 e. The molecule has 6 heteroatoms. The molecule has 0 aromatic heterocycles. The van der Waals surface area contributed by atoms with Crippen molar-refractivity contribution in [2.75, 3.05) is 26.2 Å². The quantitative estimate of drug-likeness (QED) is 0.676. The molecular weight excluding hydrogens is 318 g/mol. The van der Waals surface area contributed by atoms with Crippen molar-refractivity contribution >= 4 is 11.6 Å². The van der Waals surface area contributed by atoms with Gasteiger partial charge in [0, 0.05) is 22.8 Å². The highest BCUT2D eigenvalue weighted by atomic mass is 16.6. The number of amides is 1. The minimum Gasteiger partial charge on any atom is -0.328 e. The van der Waals surface area contributed by atoms with Crippen LogP contribution < -0.4 is 4.90 Å². The van der Waals surface area contributed by atoms with E-state index in [-0.39, 0.29) is 11.6 Å². The van der Waals surface area contributed by atoms with E-state index in [9.17, 15) is 14.9 Å². The summed E-state index contributed by atoms with van der Waals surface area (Å²) in [6, 6.07) is 15.0. The number of aryl methyl sites for hydroxylation is 1. The Hall–Kier alpha value is -2.73. The fourth-order valence-electron chi connectivity index (χ4n) is 3.26. The van der Waals surface area contributed by atoms with E-state index in [2.05, 4.69) is 12.1 Å². The molecule has 0 atom stereocenters. The lowest BCUT2D eigenvalue weighted by Crippen LogP contribution is -3.13. The average molecular weight is 340 g/mol. The first-order valence-corrected chi connectivity index (χ1v) is 8.46. The zero-order valence-electron chi connectivity index (χ0n) is 14.3. The summed E-state index contributed by atoms with van der Waals surface area (Å²) in [5.74, 6) is -0.0447. The molecule has 1 amide bonds. The number of rotatable bonds is 4. The van der Waals surface area contributed by atoms with Crippen LogP contribution in [0.4, 0.5) is 5.69 Å². The van der Waals surface area contributed by atoms with Gasteiger partial charge >= 0.3 is 0 Å². The minimum absolute atomic E-state index is 0.0447. The molecular formula is C19H22N3O3+. The van der Waals surface area contributed by atoms with Gasteiger partial charge in [0.1, 0.15) is 6.54 Å². The molecule has 0 spiro atoms. The van der Waals surface area contributed by atoms with Crippen molar-refractivity contribution in [2.45, 2.75) is 13.5 Å². The Kier molecular flexibility index (Phi) is 5.09. The normalized spacial score (nSPS) is 15.2. The number of nitrogens with one attached hydrogen (secondary N) is 1. The molecule has 0 saturated carbocycles. The van der Waals surface area contributed by atoms with Crippen LogP contribution in [-0.2, 0) is 6.54 Å². The Morgan fingerprint density at radius 3 is 2.44 bits per heavy atom. The van der Waals surface area contributed by atoms with Crippen LogP contribution in [0.1, 0.15) is 21.5 Å². The highest BCUT2D eigenvalue weighted by Gasteiger charge is 2.25. The lowest BCUT2D eigenvalue weighted by atomic mass is 10.1. The summed E-state index contributed by atoms with van der Waals surface area (Å²) in [5.41, 5.74) is 2.40. The lowest BCUT2D eigenvalue weighted by Gasteiger charge is -2.32. The van der Waals surface area contributed by atoms with Crippen LogP contribution in [0, 0.1) is 17.0 Å². The molecule has 1 N–H and O–H groups in total. The van der Waals surface area contributed by atoms with Crippen LogP contribution in [0.25, 0.3) is 0 Å². The molecule has 1 aliphatic heterocycles. The minimum atomic E-state index is -0.421. The first-order chi connectivity index (χ1) is 12.0. The number of quaternary nitrogens is 1. The van der Waals surface area contributed by atoms with Gasteiger partial charge in [-0.2, -0.15) is 0 Å². The van der Waals surface area contributed by atoms with Gasteiger partial charge in [-0.1, -0.05) is 30.3 Å². The van der Waals surface area contributed by atoms with Gasteiger partial charge in [-0.05, 0) is 19.1 Å². The molecule has 6 nitrogen and oxygen atoms in total. The van der Waals surface area contributed by atoms with E-state index in [0.29, 0.717) is 24.2 Å². The molecule has 0 unspecified atom stereocenters. The summed E-state index contributed by atoms with van der Waals surface area (Å²) in [6.07, 6.45) is 0. The van der Waals surface area contributed by atoms with Gasteiger partial charge in [0.05, 0.1) is 31.1 Å². The van der Waals surface area contributed by atoms with Crippen molar-refractivity contribution < 1.29 is 14.6 Å². The molecule has 2 aromatic carbocycles. The SMILES string of the molecule is Cc1cc(C(=O)N2CC[NH+](Cc3ccccc3)CC2)ccc1[N+](=O)[O-]. The predicted molar refractivity (Wildman–Crippen MR) is 94.6 cm³/mol. The second kappa shape index (κ2) is 7.44. The number of hydrogen-bond donors (Lipinski definition) is 1. The van der Waals surface area contributed by atoms with Gasteiger partial charge in [-0.25, -0.2) is 0 Å². The third kappa shape index (κ3) is 4.03. The molecule has 2 aromatic rings. The van der Waals surface area contributed by atoms with Crippen LogP contribution in [0.2, 0.25) is 0 Å². The fourth-order valence-corrected chi connectivity index (χ4v) is 3.26. The van der Waals surface area contributed by atoms with E-state index in [1.165, 1.54) is 16.5 Å². The Labute approximate surface area is 146 Å². The van der Waals surface area contributed by atoms with E-state index >= 15 is 0 Å². The number of nitrogens with zero attached hydrogens (tertiary/aromatic N) is 2. The smallest absolute Gasteiger partial charge is 0.272 e. The summed E-state index contributed by atoms with van der Waals surface area (Å²) in [7, 11) is 0. The van der Waals surface area contributed by atoms with Crippen molar-refractivity contribution in [3.63, 3.8) is 0 Å². The summed E-state index contributed by atoms with van der Waals surface area (Å²) < 4.78 is 0. The fraction of sp³-hybridized carbons (Fsp3) is 0.316. The van der Waals surface area contributed by atoms with E-state index in [4.69, 9.17) is 0 Å². The molecule has 1 aliphatic rings. The topological polar surface area (TPSA) is 67.9 Å². The molecule has 0 aliphatic carbocycles. The van der Waals surface area contributed by atoms with Gasteiger partial charge in [-0.3, -0.25) is 14.9 Å². The van der Waals surface area contributed by atoms with E-state index in [0.717, 1.165) is 19.6 Å². The maximum absolute atomic E-state index is 12.6. The van der Waals surface area contributed by atoms with Gasteiger partial charge < -0.3 is 9.80 Å². The van der Waals surface area contributed by atoms with Gasteiger partial charge in [0.15, 0.2) is 0 Å². The molecule has 3 rings (SSSR count). The summed E-state index contributed by atoms with van der Waals surface area (Å²) in [5, 5.41) is 10.9. The number of carbonyl (C=O) groups is 1. The third-order valence-corrected chi connectivity index (χ3v) is 4.70. The summed E-state index contributed by atoms with van der Waals surface area (Å²) in [4.78, 5) is 26.4. The number of piperazine rings is 1. The number of benzene rings is 2. The highest BCUT2D eigenvalue weighted by Crippen LogP contribution is 2.19. The van der Waals surface area contributed by atoms with Gasteiger partial charge in [0.25, 0.3) is 11.6 Å². The number of hydrogen-bond acceptors (Lipinski definition) is 3. The van der Waals surface area contributed by atoms with Crippen molar-refractivity contribution in [3.8, 4) is 0 Å². The zero-order valence-corrected chi connectivity index (χ0v) is 14.3. The van der Waals surface area contributed by atoms with Crippen LogP contribution in [-0.4, -0.2) is 41.9 Å². The highest BCUT2D eigenvalue weighted by molar-refractivity contribution is 5.94. The number of nitro groups is 1. The molecule has 130 valence electrons. The van der Waals surface area contributed by atoms with Crippen molar-refractivity contribution in [2.24, 2.45) is 0 Å². The first kappa shape index (κ1) is 17.1.